The van der Waals surface area contributed by atoms with Crippen LogP contribution in [0.2, 0.25) is 5.02 Å². The van der Waals surface area contributed by atoms with Gasteiger partial charge in [-0.2, -0.15) is 0 Å². The minimum atomic E-state index is -0.534. The number of carbonyl (C=O) groups excluding carboxylic acids is 1. The molecule has 1 atom stereocenters. The molecule has 4 rings (SSSR count). The van der Waals surface area contributed by atoms with Crippen molar-refractivity contribution in [3.05, 3.63) is 118 Å². The highest BCUT2D eigenvalue weighted by Crippen LogP contribution is 2.34. The number of amides is 1. The van der Waals surface area contributed by atoms with Gasteiger partial charge in [0.1, 0.15) is 35.4 Å². The maximum absolute atomic E-state index is 12.6. The van der Waals surface area contributed by atoms with Gasteiger partial charge in [-0.1, -0.05) is 35.9 Å². The molecule has 0 bridgehead atoms. The predicted molar refractivity (Wildman–Crippen MR) is 140 cm³/mol. The zero-order valence-electron chi connectivity index (χ0n) is 19.8. The van der Waals surface area contributed by atoms with Crippen LogP contribution >= 0.6 is 11.6 Å². The van der Waals surface area contributed by atoms with E-state index in [4.69, 9.17) is 25.8 Å². The number of carbonyl (C=O) groups is 1. The molecular weight excluding hydrogens is 496 g/mol. The van der Waals surface area contributed by atoms with Crippen molar-refractivity contribution in [1.82, 2.24) is 5.32 Å². The number of hydrogen-bond donors (Lipinski definition) is 1. The molecule has 0 aliphatic rings. The smallest absolute Gasteiger partial charge is 0.276 e. The van der Waals surface area contributed by atoms with Crippen molar-refractivity contribution in [3.63, 3.8) is 0 Å². The number of nitrogens with zero attached hydrogens (tertiary/aromatic N) is 1. The van der Waals surface area contributed by atoms with Crippen molar-refractivity contribution in [3.8, 4) is 28.7 Å². The Balaban J connectivity index is 1.40. The molecule has 0 saturated carbocycles. The third-order valence-electron chi connectivity index (χ3n) is 5.08. The summed E-state index contributed by atoms with van der Waals surface area (Å²) in [7, 11) is 0. The molecule has 4 aromatic carbocycles. The van der Waals surface area contributed by atoms with E-state index in [0.29, 0.717) is 28.7 Å². The Kier molecular flexibility index (Phi) is 8.22. The van der Waals surface area contributed by atoms with Crippen LogP contribution in [0.15, 0.2) is 97.1 Å². The third-order valence-corrected chi connectivity index (χ3v) is 5.32. The molecule has 37 heavy (non-hydrogen) atoms. The largest absolute Gasteiger partial charge is 0.491 e. The molecule has 0 saturated heterocycles. The molecule has 9 heteroatoms. The van der Waals surface area contributed by atoms with Gasteiger partial charge in [0, 0.05) is 16.7 Å². The Labute approximate surface area is 218 Å². The number of non-ortho nitro benzene ring substituents is 1. The topological polar surface area (TPSA) is 99.9 Å². The Morgan fingerprint density at radius 2 is 1.49 bits per heavy atom. The van der Waals surface area contributed by atoms with Crippen LogP contribution in [0, 0.1) is 10.1 Å². The van der Waals surface area contributed by atoms with Crippen LogP contribution in [0.4, 0.5) is 5.69 Å². The second-order valence-corrected chi connectivity index (χ2v) is 8.54. The van der Waals surface area contributed by atoms with Crippen LogP contribution in [0.3, 0.4) is 0 Å². The van der Waals surface area contributed by atoms with Gasteiger partial charge in [0.25, 0.3) is 11.6 Å². The Bertz CT molecular complexity index is 1380. The fourth-order valence-corrected chi connectivity index (χ4v) is 3.52. The standard InChI is InChI=1S/C28H23ClN2O6/c1-19(18-35-23-7-3-2-4-8-23)30-28(32)20-10-12-24(13-11-20)36-26-15-22(31(33)34)16-27(17-26)37-25-9-5-6-21(29)14-25/h2-17,19H,18H2,1H3,(H,30,32). The highest BCUT2D eigenvalue weighted by molar-refractivity contribution is 6.30. The predicted octanol–water partition coefficient (Wildman–Crippen LogP) is 7.03. The molecule has 0 radical (unpaired) electrons. The molecule has 0 fully saturated rings. The molecule has 0 aliphatic carbocycles. The minimum Gasteiger partial charge on any atom is -0.491 e. The molecule has 0 spiro atoms. The lowest BCUT2D eigenvalue weighted by atomic mass is 10.2. The SMILES string of the molecule is CC(COc1ccccc1)NC(=O)c1ccc(Oc2cc(Oc3cccc(Cl)c3)cc([N+](=O)[O-])c2)cc1. The number of hydrogen-bond acceptors (Lipinski definition) is 6. The second-order valence-electron chi connectivity index (χ2n) is 8.10. The lowest BCUT2D eigenvalue weighted by Gasteiger charge is -2.15. The Hall–Kier alpha value is -4.56. The number of para-hydroxylation sites is 1. The number of nitro benzene ring substituents is 1. The minimum absolute atomic E-state index is 0.197. The number of nitro groups is 1. The molecule has 4 aromatic rings. The number of ether oxygens (including phenoxy) is 3. The van der Waals surface area contributed by atoms with Gasteiger partial charge in [0.2, 0.25) is 0 Å². The summed E-state index contributed by atoms with van der Waals surface area (Å²) >= 11 is 5.99. The Morgan fingerprint density at radius 1 is 0.838 bits per heavy atom. The summed E-state index contributed by atoms with van der Waals surface area (Å²) in [5.41, 5.74) is 0.236. The Morgan fingerprint density at radius 3 is 2.14 bits per heavy atom. The summed E-state index contributed by atoms with van der Waals surface area (Å²) in [5, 5.41) is 14.8. The first-order valence-corrected chi connectivity index (χ1v) is 11.7. The molecule has 1 unspecified atom stereocenters. The number of rotatable bonds is 10. The second kappa shape index (κ2) is 11.9. The molecule has 8 nitrogen and oxygen atoms in total. The van der Waals surface area contributed by atoms with Crippen LogP contribution in [0.1, 0.15) is 17.3 Å². The summed E-state index contributed by atoms with van der Waals surface area (Å²) < 4.78 is 17.2. The van der Waals surface area contributed by atoms with E-state index in [0.717, 1.165) is 5.75 Å². The quantitative estimate of drug-likeness (QED) is 0.179. The average Bonchev–Trinajstić information content (AvgIpc) is 2.88. The van der Waals surface area contributed by atoms with Crippen molar-refractivity contribution >= 4 is 23.2 Å². The van der Waals surface area contributed by atoms with Crippen molar-refractivity contribution in [2.24, 2.45) is 0 Å². The summed E-state index contributed by atoms with van der Waals surface area (Å²) in [6, 6.07) is 26.4. The van der Waals surface area contributed by atoms with E-state index in [2.05, 4.69) is 5.32 Å². The van der Waals surface area contributed by atoms with Crippen LogP contribution in [-0.4, -0.2) is 23.5 Å². The molecular formula is C28H23ClN2O6. The first-order valence-electron chi connectivity index (χ1n) is 11.4. The molecule has 1 N–H and O–H groups in total. The summed E-state index contributed by atoms with van der Waals surface area (Å²) in [4.78, 5) is 23.5. The summed E-state index contributed by atoms with van der Waals surface area (Å²) in [5.74, 6) is 1.71. The summed E-state index contributed by atoms with van der Waals surface area (Å²) in [6.07, 6.45) is 0. The maximum Gasteiger partial charge on any atom is 0.276 e. The van der Waals surface area contributed by atoms with E-state index >= 15 is 0 Å². The first-order chi connectivity index (χ1) is 17.9. The first kappa shape index (κ1) is 25.5. The maximum atomic E-state index is 12.6. The zero-order valence-corrected chi connectivity index (χ0v) is 20.6. The number of nitrogens with one attached hydrogen (secondary N) is 1. The van der Waals surface area contributed by atoms with Gasteiger partial charge in [-0.05, 0) is 61.5 Å². The normalized spacial score (nSPS) is 11.3. The van der Waals surface area contributed by atoms with E-state index in [9.17, 15) is 14.9 Å². The average molecular weight is 519 g/mol. The van der Waals surface area contributed by atoms with Crippen molar-refractivity contribution in [2.45, 2.75) is 13.0 Å². The van der Waals surface area contributed by atoms with Crippen LogP contribution in [0.5, 0.6) is 28.7 Å². The van der Waals surface area contributed by atoms with Crippen molar-refractivity contribution in [1.29, 1.82) is 0 Å². The van der Waals surface area contributed by atoms with E-state index in [1.165, 1.54) is 18.2 Å². The van der Waals surface area contributed by atoms with Crippen LogP contribution in [0.25, 0.3) is 0 Å². The zero-order chi connectivity index (χ0) is 26.2. The van der Waals surface area contributed by atoms with Crippen molar-refractivity contribution in [2.75, 3.05) is 6.61 Å². The molecule has 188 valence electrons. The van der Waals surface area contributed by atoms with Gasteiger partial charge in [0.15, 0.2) is 0 Å². The van der Waals surface area contributed by atoms with Gasteiger partial charge in [0.05, 0.1) is 23.1 Å². The van der Waals surface area contributed by atoms with E-state index < -0.39 is 4.92 Å². The van der Waals surface area contributed by atoms with E-state index in [1.54, 1.807) is 48.5 Å². The third kappa shape index (κ3) is 7.46. The number of benzene rings is 4. The fraction of sp³-hybridized carbons (Fsp3) is 0.107. The highest BCUT2D eigenvalue weighted by atomic mass is 35.5. The fourth-order valence-electron chi connectivity index (χ4n) is 3.34. The molecule has 0 aromatic heterocycles. The molecule has 0 heterocycles. The lowest BCUT2D eigenvalue weighted by molar-refractivity contribution is -0.385. The number of halogens is 1. The van der Waals surface area contributed by atoms with Gasteiger partial charge in [-0.15, -0.1) is 0 Å². The van der Waals surface area contributed by atoms with Gasteiger partial charge >= 0.3 is 0 Å². The van der Waals surface area contributed by atoms with Crippen LogP contribution in [-0.2, 0) is 0 Å². The summed E-state index contributed by atoms with van der Waals surface area (Å²) in [6.45, 7) is 2.17. The van der Waals surface area contributed by atoms with E-state index in [1.807, 2.05) is 37.3 Å². The van der Waals surface area contributed by atoms with Gasteiger partial charge in [-0.3, -0.25) is 14.9 Å². The van der Waals surface area contributed by atoms with Gasteiger partial charge in [-0.25, -0.2) is 0 Å². The molecule has 0 aliphatic heterocycles. The van der Waals surface area contributed by atoms with Crippen molar-refractivity contribution < 1.29 is 23.9 Å². The van der Waals surface area contributed by atoms with Crippen LogP contribution < -0.4 is 19.5 Å². The monoisotopic (exact) mass is 518 g/mol. The molecule has 1 amide bonds. The highest BCUT2D eigenvalue weighted by Gasteiger charge is 2.14. The van der Waals surface area contributed by atoms with E-state index in [-0.39, 0.29) is 29.1 Å². The van der Waals surface area contributed by atoms with Gasteiger partial charge < -0.3 is 19.5 Å². The lowest BCUT2D eigenvalue weighted by Crippen LogP contribution is -2.36.